The number of nitrogens with one attached hydrogen (secondary N) is 1. The fraction of sp³-hybridized carbons (Fsp3) is 0.647. The third-order valence-electron chi connectivity index (χ3n) is 3.90. The number of hydrogen-bond acceptors (Lipinski definition) is 3. The van der Waals surface area contributed by atoms with Crippen LogP contribution >= 0.6 is 0 Å². The highest BCUT2D eigenvalue weighted by molar-refractivity contribution is 5.43. The molecule has 0 spiro atoms. The van der Waals surface area contributed by atoms with Crippen molar-refractivity contribution in [2.24, 2.45) is 0 Å². The Bertz CT molecular complexity index is 398. The van der Waals surface area contributed by atoms with Gasteiger partial charge in [-0.25, -0.2) is 0 Å². The quantitative estimate of drug-likeness (QED) is 0.800. The van der Waals surface area contributed by atoms with Crippen molar-refractivity contribution in [1.29, 1.82) is 0 Å². The fourth-order valence-electron chi connectivity index (χ4n) is 2.73. The summed E-state index contributed by atoms with van der Waals surface area (Å²) >= 11 is 0. The summed E-state index contributed by atoms with van der Waals surface area (Å²) in [5.41, 5.74) is 1.23. The van der Waals surface area contributed by atoms with Crippen LogP contribution in [0.1, 0.15) is 51.0 Å². The molecule has 1 aliphatic rings. The largest absolute Gasteiger partial charge is 0.493 e. The molecule has 0 amide bonds. The molecule has 20 heavy (non-hydrogen) atoms. The van der Waals surface area contributed by atoms with E-state index in [9.17, 15) is 0 Å². The molecule has 0 aliphatic heterocycles. The minimum Gasteiger partial charge on any atom is -0.493 e. The van der Waals surface area contributed by atoms with Crippen LogP contribution in [0.25, 0.3) is 0 Å². The second-order valence-corrected chi connectivity index (χ2v) is 5.50. The first-order chi connectivity index (χ1) is 9.83. The highest BCUT2D eigenvalue weighted by Crippen LogP contribution is 2.31. The number of ether oxygens (including phenoxy) is 2. The van der Waals surface area contributed by atoms with E-state index < -0.39 is 0 Å². The van der Waals surface area contributed by atoms with Gasteiger partial charge >= 0.3 is 0 Å². The average Bonchev–Trinajstić information content (AvgIpc) is 2.75. The van der Waals surface area contributed by atoms with Crippen molar-refractivity contribution in [3.8, 4) is 11.5 Å². The van der Waals surface area contributed by atoms with E-state index in [1.807, 2.05) is 0 Å². The van der Waals surface area contributed by atoms with Crippen molar-refractivity contribution in [2.45, 2.75) is 58.1 Å². The predicted molar refractivity (Wildman–Crippen MR) is 82.5 cm³/mol. The molecule has 0 radical (unpaired) electrons. The van der Waals surface area contributed by atoms with Gasteiger partial charge in [0.15, 0.2) is 11.5 Å². The molecule has 1 saturated carbocycles. The second-order valence-electron chi connectivity index (χ2n) is 5.50. The zero-order chi connectivity index (χ0) is 14.2. The lowest BCUT2D eigenvalue weighted by molar-refractivity contribution is 0.176. The minimum atomic E-state index is 0.353. The number of hydrogen-bond donors (Lipinski definition) is 1. The van der Waals surface area contributed by atoms with E-state index in [2.05, 4.69) is 30.4 Å². The van der Waals surface area contributed by atoms with Crippen LogP contribution in [-0.4, -0.2) is 19.8 Å². The van der Waals surface area contributed by atoms with Crippen LogP contribution in [-0.2, 0) is 6.54 Å². The van der Waals surface area contributed by atoms with Crippen LogP contribution in [0.4, 0.5) is 0 Å². The van der Waals surface area contributed by atoms with Gasteiger partial charge in [0.1, 0.15) is 0 Å². The molecule has 112 valence electrons. The maximum atomic E-state index is 6.17. The maximum Gasteiger partial charge on any atom is 0.161 e. The average molecular weight is 277 g/mol. The topological polar surface area (TPSA) is 30.5 Å². The van der Waals surface area contributed by atoms with Gasteiger partial charge in [0.05, 0.1) is 13.2 Å². The predicted octanol–water partition coefficient (Wildman–Crippen LogP) is 3.91. The first-order valence-corrected chi connectivity index (χ1v) is 7.87. The Morgan fingerprint density at radius 1 is 1.10 bits per heavy atom. The Morgan fingerprint density at radius 2 is 1.85 bits per heavy atom. The molecule has 0 aromatic heterocycles. The zero-order valence-electron chi connectivity index (χ0n) is 12.8. The summed E-state index contributed by atoms with van der Waals surface area (Å²) in [6, 6.07) is 6.25. The van der Waals surface area contributed by atoms with Gasteiger partial charge in [-0.1, -0.05) is 25.8 Å². The molecule has 1 N–H and O–H groups in total. The molecule has 1 aliphatic carbocycles. The first-order valence-electron chi connectivity index (χ1n) is 7.87. The molecule has 0 atom stereocenters. The smallest absolute Gasteiger partial charge is 0.161 e. The van der Waals surface area contributed by atoms with E-state index in [1.54, 1.807) is 7.11 Å². The summed E-state index contributed by atoms with van der Waals surface area (Å²) in [5.74, 6) is 1.74. The van der Waals surface area contributed by atoms with Crippen LogP contribution in [0, 0.1) is 0 Å². The number of methoxy groups -OCH3 is 1. The molecule has 0 saturated heterocycles. The number of benzene rings is 1. The van der Waals surface area contributed by atoms with Gasteiger partial charge in [0.25, 0.3) is 0 Å². The molecule has 0 bridgehead atoms. The highest BCUT2D eigenvalue weighted by Gasteiger charge is 2.16. The van der Waals surface area contributed by atoms with Crippen molar-refractivity contribution in [1.82, 2.24) is 5.32 Å². The molecule has 3 heteroatoms. The second kappa shape index (κ2) is 8.15. The van der Waals surface area contributed by atoms with Crippen LogP contribution in [0.5, 0.6) is 11.5 Å². The van der Waals surface area contributed by atoms with Crippen molar-refractivity contribution >= 4 is 0 Å². The Balaban J connectivity index is 2.02. The standard InChI is InChI=1S/C17H27NO2/c1-3-18-13-14-10-11-16(17(12-14)19-2)20-15-8-6-4-5-7-9-15/h10-12,15,18H,3-9,13H2,1-2H3. The Labute approximate surface area is 122 Å². The summed E-state index contributed by atoms with van der Waals surface area (Å²) in [6.07, 6.45) is 7.95. The summed E-state index contributed by atoms with van der Waals surface area (Å²) in [4.78, 5) is 0. The molecular formula is C17H27NO2. The van der Waals surface area contributed by atoms with Gasteiger partial charge in [-0.2, -0.15) is 0 Å². The van der Waals surface area contributed by atoms with Crippen molar-refractivity contribution in [2.75, 3.05) is 13.7 Å². The summed E-state index contributed by atoms with van der Waals surface area (Å²) in [7, 11) is 1.71. The van der Waals surface area contributed by atoms with E-state index in [4.69, 9.17) is 9.47 Å². The lowest BCUT2D eigenvalue weighted by Gasteiger charge is -2.19. The Morgan fingerprint density at radius 3 is 2.50 bits per heavy atom. The Hall–Kier alpha value is -1.22. The van der Waals surface area contributed by atoms with Gasteiger partial charge < -0.3 is 14.8 Å². The van der Waals surface area contributed by atoms with Crippen LogP contribution in [0.15, 0.2) is 18.2 Å². The van der Waals surface area contributed by atoms with E-state index in [0.717, 1.165) is 24.6 Å². The molecule has 1 aromatic carbocycles. The summed E-state index contributed by atoms with van der Waals surface area (Å²) in [5, 5.41) is 3.33. The van der Waals surface area contributed by atoms with Gasteiger partial charge in [0, 0.05) is 6.54 Å². The normalized spacial score (nSPS) is 16.7. The van der Waals surface area contributed by atoms with E-state index in [0.29, 0.717) is 6.10 Å². The number of rotatable bonds is 6. The van der Waals surface area contributed by atoms with Crippen LogP contribution in [0.2, 0.25) is 0 Å². The molecular weight excluding hydrogens is 250 g/mol. The van der Waals surface area contributed by atoms with E-state index in [-0.39, 0.29) is 0 Å². The summed E-state index contributed by atoms with van der Waals surface area (Å²) in [6.45, 7) is 3.96. The van der Waals surface area contributed by atoms with Crippen molar-refractivity contribution < 1.29 is 9.47 Å². The third-order valence-corrected chi connectivity index (χ3v) is 3.90. The van der Waals surface area contributed by atoms with Crippen LogP contribution in [0.3, 0.4) is 0 Å². The highest BCUT2D eigenvalue weighted by atomic mass is 16.5. The summed E-state index contributed by atoms with van der Waals surface area (Å²) < 4.78 is 11.7. The molecule has 0 unspecified atom stereocenters. The van der Waals surface area contributed by atoms with Gasteiger partial charge in [-0.15, -0.1) is 0 Å². The monoisotopic (exact) mass is 277 g/mol. The van der Waals surface area contributed by atoms with Crippen molar-refractivity contribution in [3.63, 3.8) is 0 Å². The lowest BCUT2D eigenvalue weighted by Crippen LogP contribution is -2.16. The third kappa shape index (κ3) is 4.41. The maximum absolute atomic E-state index is 6.17. The zero-order valence-corrected chi connectivity index (χ0v) is 12.8. The molecule has 3 nitrogen and oxygen atoms in total. The minimum absolute atomic E-state index is 0.353. The fourth-order valence-corrected chi connectivity index (χ4v) is 2.73. The van der Waals surface area contributed by atoms with Crippen LogP contribution < -0.4 is 14.8 Å². The molecule has 1 aromatic rings. The molecule has 2 rings (SSSR count). The molecule has 1 fully saturated rings. The first kappa shape index (κ1) is 15.2. The molecule has 0 heterocycles. The van der Waals surface area contributed by atoms with Gasteiger partial charge in [-0.05, 0) is 49.9 Å². The van der Waals surface area contributed by atoms with E-state index >= 15 is 0 Å². The SMILES string of the molecule is CCNCc1ccc(OC2CCCCCC2)c(OC)c1. The Kier molecular flexibility index (Phi) is 6.19. The lowest BCUT2D eigenvalue weighted by atomic mass is 10.1. The van der Waals surface area contributed by atoms with Gasteiger partial charge in [-0.3, -0.25) is 0 Å². The van der Waals surface area contributed by atoms with E-state index in [1.165, 1.54) is 44.1 Å². The van der Waals surface area contributed by atoms with Gasteiger partial charge in [0.2, 0.25) is 0 Å². The van der Waals surface area contributed by atoms with Crippen molar-refractivity contribution in [3.05, 3.63) is 23.8 Å².